The van der Waals surface area contributed by atoms with Crippen LogP contribution in [0.5, 0.6) is 0 Å². The van der Waals surface area contributed by atoms with Crippen LogP contribution in [0.1, 0.15) is 38.8 Å². The number of ether oxygens (including phenoxy) is 1. The fourth-order valence-corrected chi connectivity index (χ4v) is 4.94. The maximum absolute atomic E-state index is 10.4. The molecule has 0 radical (unpaired) electrons. The summed E-state index contributed by atoms with van der Waals surface area (Å²) in [6.07, 6.45) is 0.238. The SMILES string of the molecule is CC(C)OCCNc1ccc(-c2nc3cc(Br)cc(C(C)(C)O)c3o2)cc1.N#Cc1ccc2oc(-c3ccccc3)nc2c1. The second-order valence-electron chi connectivity index (χ2n) is 11.0. The van der Waals surface area contributed by atoms with Gasteiger partial charge in [0, 0.05) is 33.4 Å². The third-order valence-corrected chi connectivity index (χ3v) is 7.12. The van der Waals surface area contributed by atoms with Crippen LogP contribution in [0.25, 0.3) is 45.1 Å². The van der Waals surface area contributed by atoms with Crippen molar-refractivity contribution in [3.05, 3.63) is 101 Å². The summed E-state index contributed by atoms with van der Waals surface area (Å²) < 4.78 is 18.0. The van der Waals surface area contributed by atoms with Crippen molar-refractivity contribution in [2.75, 3.05) is 18.5 Å². The third-order valence-electron chi connectivity index (χ3n) is 6.67. The van der Waals surface area contributed by atoms with Crippen LogP contribution in [-0.4, -0.2) is 34.3 Å². The van der Waals surface area contributed by atoms with Crippen molar-refractivity contribution in [3.8, 4) is 29.0 Å². The van der Waals surface area contributed by atoms with Crippen molar-refractivity contribution in [1.82, 2.24) is 9.97 Å². The first-order valence-electron chi connectivity index (χ1n) is 14.3. The van der Waals surface area contributed by atoms with Crippen molar-refractivity contribution in [1.29, 1.82) is 5.26 Å². The number of hydrogen-bond donors (Lipinski definition) is 2. The summed E-state index contributed by atoms with van der Waals surface area (Å²) in [4.78, 5) is 8.97. The summed E-state index contributed by atoms with van der Waals surface area (Å²) in [6.45, 7) is 8.94. The highest BCUT2D eigenvalue weighted by Gasteiger charge is 2.23. The summed E-state index contributed by atoms with van der Waals surface area (Å²) in [5.74, 6) is 1.11. The smallest absolute Gasteiger partial charge is 0.227 e. The van der Waals surface area contributed by atoms with Gasteiger partial charge in [-0.05, 0) is 94.4 Å². The number of fused-ring (bicyclic) bond motifs is 2. The van der Waals surface area contributed by atoms with Gasteiger partial charge in [0.25, 0.3) is 0 Å². The van der Waals surface area contributed by atoms with Gasteiger partial charge in [-0.25, -0.2) is 9.97 Å². The summed E-state index contributed by atoms with van der Waals surface area (Å²) in [5.41, 5.74) is 5.82. The lowest BCUT2D eigenvalue weighted by Gasteiger charge is -2.17. The first kappa shape index (κ1) is 31.0. The predicted molar refractivity (Wildman–Crippen MR) is 176 cm³/mol. The Morgan fingerprint density at radius 2 is 1.59 bits per heavy atom. The van der Waals surface area contributed by atoms with Gasteiger partial charge in [0.2, 0.25) is 11.8 Å². The predicted octanol–water partition coefficient (Wildman–Crippen LogP) is 8.69. The lowest BCUT2D eigenvalue weighted by Crippen LogP contribution is -2.15. The number of nitrogens with one attached hydrogen (secondary N) is 1. The van der Waals surface area contributed by atoms with E-state index in [-0.39, 0.29) is 6.10 Å². The molecule has 0 bridgehead atoms. The first-order valence-corrected chi connectivity index (χ1v) is 15.0. The molecule has 0 aliphatic heterocycles. The van der Waals surface area contributed by atoms with Crippen LogP contribution in [0, 0.1) is 11.3 Å². The van der Waals surface area contributed by atoms with Crippen molar-refractivity contribution in [2.24, 2.45) is 0 Å². The Balaban J connectivity index is 0.000000193. The summed E-state index contributed by atoms with van der Waals surface area (Å²) in [5, 5.41) is 22.6. The molecule has 0 fully saturated rings. The van der Waals surface area contributed by atoms with Gasteiger partial charge >= 0.3 is 0 Å². The van der Waals surface area contributed by atoms with Gasteiger partial charge < -0.3 is 24.0 Å². The molecule has 6 rings (SSSR count). The van der Waals surface area contributed by atoms with Crippen LogP contribution in [0.4, 0.5) is 5.69 Å². The number of aromatic nitrogens is 2. The molecule has 0 atom stereocenters. The summed E-state index contributed by atoms with van der Waals surface area (Å²) in [6, 6.07) is 28.7. The standard InChI is InChI=1S/C21H25BrN2O3.C14H8N2O/c1-13(2)26-10-9-23-16-7-5-14(6-8-16)20-24-18-12-15(22)11-17(19(18)27-20)21(3,4)25;15-9-10-6-7-13-12(8-10)16-14(17-13)11-4-2-1-3-5-11/h5-8,11-13,23,25H,9-10H2,1-4H3;1-8H. The fourth-order valence-electron chi connectivity index (χ4n) is 4.50. The van der Waals surface area contributed by atoms with Gasteiger partial charge in [0.15, 0.2) is 11.2 Å². The number of nitriles is 1. The normalized spacial score (nSPS) is 11.4. The molecular weight excluding hydrogens is 620 g/mol. The molecule has 6 aromatic rings. The minimum atomic E-state index is -1.02. The lowest BCUT2D eigenvalue weighted by molar-refractivity contribution is 0.0791. The monoisotopic (exact) mass is 652 g/mol. The molecule has 0 spiro atoms. The Bertz CT molecular complexity index is 1900. The Labute approximate surface area is 264 Å². The number of aliphatic hydroxyl groups is 1. The molecule has 2 aromatic heterocycles. The minimum absolute atomic E-state index is 0.238. The molecule has 0 unspecified atom stereocenters. The molecule has 0 saturated heterocycles. The van der Waals surface area contributed by atoms with Gasteiger partial charge in [-0.1, -0.05) is 34.1 Å². The molecular formula is C35H33BrN4O4. The number of benzene rings is 4. The molecule has 0 amide bonds. The van der Waals surface area contributed by atoms with Crippen molar-refractivity contribution in [2.45, 2.75) is 39.4 Å². The Morgan fingerprint density at radius 3 is 2.27 bits per heavy atom. The molecule has 224 valence electrons. The molecule has 4 aromatic carbocycles. The fraction of sp³-hybridized carbons (Fsp3) is 0.229. The largest absolute Gasteiger partial charge is 0.436 e. The van der Waals surface area contributed by atoms with E-state index in [2.05, 4.69) is 37.3 Å². The van der Waals surface area contributed by atoms with Gasteiger partial charge in [-0.3, -0.25) is 0 Å². The zero-order valence-corrected chi connectivity index (χ0v) is 26.6. The van der Waals surface area contributed by atoms with E-state index >= 15 is 0 Å². The van der Waals surface area contributed by atoms with Crippen molar-refractivity contribution < 1.29 is 18.7 Å². The molecule has 0 saturated carbocycles. The van der Waals surface area contributed by atoms with E-state index in [1.54, 1.807) is 32.0 Å². The summed E-state index contributed by atoms with van der Waals surface area (Å²) in [7, 11) is 0. The van der Waals surface area contributed by atoms with Crippen LogP contribution < -0.4 is 5.32 Å². The minimum Gasteiger partial charge on any atom is -0.436 e. The lowest BCUT2D eigenvalue weighted by atomic mass is 9.98. The average Bonchev–Trinajstić information content (AvgIpc) is 3.63. The maximum Gasteiger partial charge on any atom is 0.227 e. The quantitative estimate of drug-likeness (QED) is 0.157. The highest BCUT2D eigenvalue weighted by molar-refractivity contribution is 9.10. The van der Waals surface area contributed by atoms with Crippen molar-refractivity contribution >= 4 is 43.8 Å². The molecule has 8 nitrogen and oxygen atoms in total. The Kier molecular flexibility index (Phi) is 9.45. The van der Waals surface area contributed by atoms with E-state index in [1.165, 1.54) is 0 Å². The van der Waals surface area contributed by atoms with Crippen LogP contribution in [0.3, 0.4) is 0 Å². The van der Waals surface area contributed by atoms with Gasteiger partial charge in [0.1, 0.15) is 11.0 Å². The zero-order valence-electron chi connectivity index (χ0n) is 25.0. The second kappa shape index (κ2) is 13.4. The number of halogens is 1. The van der Waals surface area contributed by atoms with Crippen LogP contribution in [0.15, 0.2) is 98.2 Å². The van der Waals surface area contributed by atoms with Gasteiger partial charge in [0.05, 0.1) is 29.9 Å². The molecule has 2 heterocycles. The maximum atomic E-state index is 10.4. The average molecular weight is 654 g/mol. The number of anilines is 1. The van der Waals surface area contributed by atoms with Gasteiger partial charge in [-0.15, -0.1) is 0 Å². The van der Waals surface area contributed by atoms with E-state index in [0.717, 1.165) is 27.8 Å². The molecule has 0 aliphatic rings. The number of rotatable bonds is 8. The first-order chi connectivity index (χ1) is 21.1. The molecule has 44 heavy (non-hydrogen) atoms. The van der Waals surface area contributed by atoms with E-state index in [4.69, 9.17) is 18.8 Å². The van der Waals surface area contributed by atoms with E-state index < -0.39 is 5.60 Å². The van der Waals surface area contributed by atoms with Crippen LogP contribution in [0.2, 0.25) is 0 Å². The third kappa shape index (κ3) is 7.53. The van der Waals surface area contributed by atoms with Gasteiger partial charge in [-0.2, -0.15) is 5.26 Å². The number of hydrogen-bond acceptors (Lipinski definition) is 8. The van der Waals surface area contributed by atoms with E-state index in [0.29, 0.717) is 51.7 Å². The zero-order chi connectivity index (χ0) is 31.3. The van der Waals surface area contributed by atoms with E-state index in [9.17, 15) is 5.11 Å². The van der Waals surface area contributed by atoms with Crippen molar-refractivity contribution in [3.63, 3.8) is 0 Å². The topological polar surface area (TPSA) is 117 Å². The number of nitrogens with zero attached hydrogens (tertiary/aromatic N) is 3. The molecule has 9 heteroatoms. The number of oxazole rings is 2. The Hall–Kier alpha value is -4.49. The highest BCUT2D eigenvalue weighted by Crippen LogP contribution is 2.35. The van der Waals surface area contributed by atoms with Crippen LogP contribution in [-0.2, 0) is 10.3 Å². The second-order valence-corrected chi connectivity index (χ2v) is 11.9. The molecule has 0 aliphatic carbocycles. The molecule has 2 N–H and O–H groups in total. The summed E-state index contributed by atoms with van der Waals surface area (Å²) >= 11 is 3.48. The Morgan fingerprint density at radius 1 is 0.909 bits per heavy atom. The van der Waals surface area contributed by atoms with Crippen LogP contribution >= 0.6 is 15.9 Å². The highest BCUT2D eigenvalue weighted by atomic mass is 79.9. The van der Waals surface area contributed by atoms with E-state index in [1.807, 2.05) is 80.6 Å².